The number of methoxy groups -OCH3 is 1. The molecule has 0 bridgehead atoms. The number of rotatable bonds is 8. The summed E-state index contributed by atoms with van der Waals surface area (Å²) >= 11 is 0. The highest BCUT2D eigenvalue weighted by Gasteiger charge is 2.16. The molecule has 1 N–H and O–H groups in total. The fourth-order valence-electron chi connectivity index (χ4n) is 2.90. The van der Waals surface area contributed by atoms with Crippen molar-refractivity contribution < 1.29 is 19.4 Å². The number of aromatic amines is 1. The van der Waals surface area contributed by atoms with Crippen molar-refractivity contribution in [2.45, 2.75) is 13.1 Å². The predicted molar refractivity (Wildman–Crippen MR) is 105 cm³/mol. The van der Waals surface area contributed by atoms with Crippen LogP contribution >= 0.6 is 0 Å². The molecule has 0 saturated carbocycles. The summed E-state index contributed by atoms with van der Waals surface area (Å²) in [6, 6.07) is 17.0. The van der Waals surface area contributed by atoms with Crippen molar-refractivity contribution in [1.29, 1.82) is 0 Å². The third-order valence-electron chi connectivity index (χ3n) is 4.35. The van der Waals surface area contributed by atoms with Crippen LogP contribution < -0.4 is 9.84 Å². The van der Waals surface area contributed by atoms with E-state index in [1.165, 1.54) is 0 Å². The predicted octanol–water partition coefficient (Wildman–Crippen LogP) is 1.92. The van der Waals surface area contributed by atoms with E-state index in [-0.39, 0.29) is 6.54 Å². The van der Waals surface area contributed by atoms with Crippen molar-refractivity contribution in [3.63, 3.8) is 0 Å². The van der Waals surface area contributed by atoms with E-state index >= 15 is 0 Å². The molecule has 0 aliphatic carbocycles. The number of carboxylic acid groups (broad SMARTS) is 1. The number of hydrogen-bond donors (Lipinski definition) is 1. The lowest BCUT2D eigenvalue weighted by Gasteiger charge is -2.21. The molecule has 0 aliphatic rings. The third-order valence-corrected chi connectivity index (χ3v) is 4.35. The summed E-state index contributed by atoms with van der Waals surface area (Å²) in [7, 11) is 1.60. The Hall–Kier alpha value is -3.87. The summed E-state index contributed by atoms with van der Waals surface area (Å²) < 4.78 is 5.19. The van der Waals surface area contributed by atoms with Crippen LogP contribution in [0.5, 0.6) is 5.75 Å². The number of nitrogens with one attached hydrogen (secondary N) is 1. The van der Waals surface area contributed by atoms with Gasteiger partial charge in [0.1, 0.15) is 5.75 Å². The zero-order valence-corrected chi connectivity index (χ0v) is 15.9. The molecule has 7 nitrogen and oxygen atoms in total. The lowest BCUT2D eigenvalue weighted by atomic mass is 10.1. The molecule has 148 valence electrons. The van der Waals surface area contributed by atoms with Crippen molar-refractivity contribution in [2.75, 3.05) is 7.11 Å². The zero-order chi connectivity index (χ0) is 20.6. The Labute approximate surface area is 168 Å². The molecule has 1 amide bonds. The van der Waals surface area contributed by atoms with Crippen molar-refractivity contribution in [3.8, 4) is 17.0 Å². The minimum absolute atomic E-state index is 0.253. The van der Waals surface area contributed by atoms with Crippen LogP contribution in [0.4, 0.5) is 0 Å². The Kier molecular flexibility index (Phi) is 6.42. The number of hydrogen-bond acceptors (Lipinski definition) is 5. The molecule has 7 heteroatoms. The molecular weight excluding hydrogens is 370 g/mol. The number of nitrogens with zero attached hydrogens (tertiary/aromatic N) is 2. The van der Waals surface area contributed by atoms with Crippen LogP contribution in [0, 0.1) is 0 Å². The highest BCUT2D eigenvalue weighted by atomic mass is 16.5. The normalized spacial score (nSPS) is 10.8. The lowest BCUT2D eigenvalue weighted by Crippen LogP contribution is -2.29. The molecule has 0 radical (unpaired) electrons. The van der Waals surface area contributed by atoms with Gasteiger partial charge in [-0.25, -0.2) is 0 Å². The number of carbonyl (C=O) groups excluding carboxylic acids is 2. The maximum absolute atomic E-state index is 12.6. The summed E-state index contributed by atoms with van der Waals surface area (Å²) in [6.07, 6.45) is 3.40. The number of aliphatic carboxylic acids is 1. The summed E-state index contributed by atoms with van der Waals surface area (Å²) in [5.41, 5.74) is 3.41. The molecule has 0 unspecified atom stereocenters. The number of carbonyl (C=O) groups is 2. The number of ether oxygens (including phenoxy) is 1. The van der Waals surface area contributed by atoms with Gasteiger partial charge in [-0.1, -0.05) is 30.3 Å². The van der Waals surface area contributed by atoms with E-state index in [0.717, 1.165) is 40.3 Å². The van der Waals surface area contributed by atoms with Crippen LogP contribution in [0.25, 0.3) is 11.3 Å². The quantitative estimate of drug-likeness (QED) is 0.593. The van der Waals surface area contributed by atoms with Gasteiger partial charge in [-0.15, -0.1) is 0 Å². The van der Waals surface area contributed by atoms with E-state index in [1.807, 2.05) is 54.6 Å². The molecule has 0 saturated heterocycles. The molecule has 0 atom stereocenters. The average Bonchev–Trinajstić information content (AvgIpc) is 3.20. The van der Waals surface area contributed by atoms with E-state index in [0.29, 0.717) is 6.54 Å². The first-order chi connectivity index (χ1) is 14.1. The summed E-state index contributed by atoms with van der Waals surface area (Å²) in [5, 5.41) is 17.8. The Bertz CT molecular complexity index is 994. The molecule has 0 fully saturated rings. The fraction of sp³-hybridized carbons (Fsp3) is 0.136. The third kappa shape index (κ3) is 5.32. The number of aromatic nitrogens is 2. The monoisotopic (exact) mass is 390 g/mol. The van der Waals surface area contributed by atoms with Gasteiger partial charge in [0, 0.05) is 23.7 Å². The van der Waals surface area contributed by atoms with Crippen molar-refractivity contribution >= 4 is 11.9 Å². The smallest absolute Gasteiger partial charge is 0.247 e. The van der Waals surface area contributed by atoms with Gasteiger partial charge in [-0.3, -0.25) is 9.89 Å². The Balaban J connectivity index is 1.86. The van der Waals surface area contributed by atoms with Crippen LogP contribution in [0.15, 0.2) is 72.9 Å². The van der Waals surface area contributed by atoms with E-state index in [4.69, 9.17) is 4.74 Å². The number of carboxylic acids is 1. The summed E-state index contributed by atoms with van der Waals surface area (Å²) in [6.45, 7) is 0.577. The molecule has 3 aromatic rings. The van der Waals surface area contributed by atoms with Gasteiger partial charge < -0.3 is 19.5 Å². The van der Waals surface area contributed by atoms with Gasteiger partial charge in [0.25, 0.3) is 0 Å². The van der Waals surface area contributed by atoms with E-state index < -0.39 is 11.9 Å². The minimum Gasteiger partial charge on any atom is -0.545 e. The molecule has 0 aliphatic heterocycles. The molecule has 3 rings (SSSR count). The number of H-pyrrole nitrogens is 1. The van der Waals surface area contributed by atoms with Gasteiger partial charge >= 0.3 is 0 Å². The molecule has 1 heterocycles. The van der Waals surface area contributed by atoms with E-state index in [9.17, 15) is 14.7 Å². The second-order valence-corrected chi connectivity index (χ2v) is 6.33. The molecule has 29 heavy (non-hydrogen) atoms. The summed E-state index contributed by atoms with van der Waals surface area (Å²) in [5.74, 6) is -1.11. The second-order valence-electron chi connectivity index (χ2n) is 6.33. The Morgan fingerprint density at radius 3 is 2.45 bits per heavy atom. The van der Waals surface area contributed by atoms with Crippen molar-refractivity contribution in [1.82, 2.24) is 15.1 Å². The molecule has 2 aromatic carbocycles. The van der Waals surface area contributed by atoms with Crippen LogP contribution in [0.1, 0.15) is 11.1 Å². The largest absolute Gasteiger partial charge is 0.545 e. The number of amides is 1. The minimum atomic E-state index is -1.42. The molecular formula is C22H20N3O4-. The topological polar surface area (TPSA) is 98.3 Å². The van der Waals surface area contributed by atoms with Crippen molar-refractivity contribution in [3.05, 3.63) is 84.1 Å². The van der Waals surface area contributed by atoms with Crippen LogP contribution in [-0.2, 0) is 22.7 Å². The maximum Gasteiger partial charge on any atom is 0.247 e. The highest BCUT2D eigenvalue weighted by Crippen LogP contribution is 2.25. The first kappa shape index (κ1) is 19.9. The fourth-order valence-corrected chi connectivity index (χ4v) is 2.90. The lowest BCUT2D eigenvalue weighted by molar-refractivity contribution is -0.297. The molecule has 1 aromatic heterocycles. The van der Waals surface area contributed by atoms with Gasteiger partial charge in [0.05, 0.1) is 31.5 Å². The van der Waals surface area contributed by atoms with Gasteiger partial charge in [-0.05, 0) is 35.9 Å². The van der Waals surface area contributed by atoms with Crippen molar-refractivity contribution in [2.24, 2.45) is 0 Å². The van der Waals surface area contributed by atoms with Gasteiger partial charge in [0.2, 0.25) is 5.91 Å². The van der Waals surface area contributed by atoms with Crippen LogP contribution in [0.2, 0.25) is 0 Å². The first-order valence-corrected chi connectivity index (χ1v) is 8.95. The highest BCUT2D eigenvalue weighted by molar-refractivity contribution is 5.93. The van der Waals surface area contributed by atoms with Gasteiger partial charge in [-0.2, -0.15) is 5.10 Å². The standard InChI is InChI=1S/C22H21N3O4/c1-29-19-9-7-17(8-10-19)22-18(13-23-24-22)15-25(20(26)11-12-21(27)28)14-16-5-3-2-4-6-16/h2-13H,14-15H2,1H3,(H,23,24)(H,27,28)/p-1/b12-11+. The zero-order valence-electron chi connectivity index (χ0n) is 15.9. The Morgan fingerprint density at radius 1 is 1.07 bits per heavy atom. The average molecular weight is 390 g/mol. The summed E-state index contributed by atoms with van der Waals surface area (Å²) in [4.78, 5) is 24.9. The van der Waals surface area contributed by atoms with Crippen LogP contribution in [-0.4, -0.2) is 34.1 Å². The Morgan fingerprint density at radius 2 is 1.79 bits per heavy atom. The van der Waals surface area contributed by atoms with E-state index in [1.54, 1.807) is 18.2 Å². The maximum atomic E-state index is 12.6. The number of benzene rings is 2. The molecule has 0 spiro atoms. The van der Waals surface area contributed by atoms with E-state index in [2.05, 4.69) is 10.2 Å². The van der Waals surface area contributed by atoms with Gasteiger partial charge in [0.15, 0.2) is 0 Å². The first-order valence-electron chi connectivity index (χ1n) is 8.95. The van der Waals surface area contributed by atoms with Crippen LogP contribution in [0.3, 0.4) is 0 Å². The SMILES string of the molecule is COc1ccc(-c2[nH]ncc2CN(Cc2ccccc2)C(=O)/C=C/C(=O)[O-])cc1. The second kappa shape index (κ2) is 9.36.